The molecule has 1 aromatic heterocycles. The van der Waals surface area contributed by atoms with E-state index in [1.807, 2.05) is 48.9 Å². The fraction of sp³-hybridized carbons (Fsp3) is 0.375. The molecule has 2 unspecified atom stereocenters. The van der Waals surface area contributed by atoms with Gasteiger partial charge in [0.25, 0.3) is 0 Å². The van der Waals surface area contributed by atoms with Gasteiger partial charge in [-0.25, -0.2) is 4.99 Å². The van der Waals surface area contributed by atoms with Crippen molar-refractivity contribution in [1.82, 2.24) is 25.4 Å². The van der Waals surface area contributed by atoms with Crippen LogP contribution in [0.3, 0.4) is 0 Å². The average Bonchev–Trinajstić information content (AvgIpc) is 3.11. The monoisotopic (exact) mass is 566 g/mol. The van der Waals surface area contributed by atoms with Gasteiger partial charge < -0.3 is 15.2 Å². The van der Waals surface area contributed by atoms with Crippen molar-refractivity contribution in [3.63, 3.8) is 0 Å². The van der Waals surface area contributed by atoms with E-state index in [1.165, 1.54) is 11.1 Å². The van der Waals surface area contributed by atoms with E-state index in [0.717, 1.165) is 35.6 Å². The number of nitrogens with zero attached hydrogens (tertiary/aromatic N) is 4. The van der Waals surface area contributed by atoms with Crippen molar-refractivity contribution in [2.24, 2.45) is 12.0 Å². The maximum absolute atomic E-state index is 6.06. The molecule has 0 aliphatic heterocycles. The van der Waals surface area contributed by atoms with Crippen LogP contribution in [-0.2, 0) is 13.6 Å². The lowest BCUT2D eigenvalue weighted by Crippen LogP contribution is -2.40. The smallest absolute Gasteiger partial charge is 0.192 e. The molecule has 0 spiro atoms. The Balaban J connectivity index is 0.00000363. The van der Waals surface area contributed by atoms with Crippen molar-refractivity contribution in [2.45, 2.75) is 45.7 Å². The Kier molecular flexibility index (Phi) is 10.4. The summed E-state index contributed by atoms with van der Waals surface area (Å²) in [6, 6.07) is 18.5. The molecule has 0 fully saturated rings. The lowest BCUT2D eigenvalue weighted by molar-refractivity contribution is 0.613. The van der Waals surface area contributed by atoms with Crippen molar-refractivity contribution < 1.29 is 0 Å². The van der Waals surface area contributed by atoms with Crippen LogP contribution in [0.1, 0.15) is 55.0 Å². The highest BCUT2D eigenvalue weighted by molar-refractivity contribution is 14.0. The molecule has 172 valence electrons. The molecule has 0 saturated heterocycles. The van der Waals surface area contributed by atoms with Gasteiger partial charge in [0.2, 0.25) is 0 Å². The zero-order valence-corrected chi connectivity index (χ0v) is 22.1. The predicted molar refractivity (Wildman–Crippen MR) is 143 cm³/mol. The van der Waals surface area contributed by atoms with Crippen LogP contribution in [0.4, 0.5) is 0 Å². The molecule has 8 heteroatoms. The van der Waals surface area contributed by atoms with Gasteiger partial charge in [0.15, 0.2) is 11.8 Å². The standard InChI is InChI=1S/C24H31ClN6.HI/c1-5-19(21-11-13-22(25)14-12-21)15-26-24(27-16-23-30-29-18(3)31(23)4)28-17(2)20-9-7-6-8-10-20;/h6-14,17,19H,5,15-16H2,1-4H3,(H2,26,27,28);1H. The fourth-order valence-corrected chi connectivity index (χ4v) is 3.50. The molecular weight excluding hydrogens is 535 g/mol. The largest absolute Gasteiger partial charge is 0.356 e. The van der Waals surface area contributed by atoms with Crippen LogP contribution in [0.25, 0.3) is 0 Å². The van der Waals surface area contributed by atoms with Gasteiger partial charge in [0.1, 0.15) is 12.4 Å². The number of benzene rings is 2. The van der Waals surface area contributed by atoms with E-state index in [1.54, 1.807) is 0 Å². The van der Waals surface area contributed by atoms with Gasteiger partial charge in [-0.3, -0.25) is 0 Å². The van der Waals surface area contributed by atoms with E-state index in [0.29, 0.717) is 12.5 Å². The Morgan fingerprint density at radius 2 is 1.75 bits per heavy atom. The zero-order chi connectivity index (χ0) is 22.2. The highest BCUT2D eigenvalue weighted by Crippen LogP contribution is 2.21. The van der Waals surface area contributed by atoms with Crippen LogP contribution < -0.4 is 10.6 Å². The van der Waals surface area contributed by atoms with Crippen molar-refractivity contribution in [1.29, 1.82) is 0 Å². The van der Waals surface area contributed by atoms with Crippen molar-refractivity contribution in [2.75, 3.05) is 6.54 Å². The minimum Gasteiger partial charge on any atom is -0.356 e. The molecule has 0 aliphatic rings. The Bertz CT molecular complexity index is 987. The SMILES string of the molecule is CCC(CNC(=NCc1nnc(C)n1C)NC(C)c1ccccc1)c1ccc(Cl)cc1.I. The third-order valence-corrected chi connectivity index (χ3v) is 5.82. The minimum absolute atomic E-state index is 0. The summed E-state index contributed by atoms with van der Waals surface area (Å²) < 4.78 is 1.96. The van der Waals surface area contributed by atoms with Gasteiger partial charge in [-0.05, 0) is 43.5 Å². The summed E-state index contributed by atoms with van der Waals surface area (Å²) in [7, 11) is 1.96. The molecule has 0 aliphatic carbocycles. The summed E-state index contributed by atoms with van der Waals surface area (Å²) in [4.78, 5) is 4.80. The summed E-state index contributed by atoms with van der Waals surface area (Å²) in [6.07, 6.45) is 1.01. The Morgan fingerprint density at radius 1 is 1.06 bits per heavy atom. The van der Waals surface area contributed by atoms with E-state index in [4.69, 9.17) is 16.6 Å². The van der Waals surface area contributed by atoms with Gasteiger partial charge in [-0.2, -0.15) is 0 Å². The third kappa shape index (κ3) is 7.20. The van der Waals surface area contributed by atoms with Crippen LogP contribution >= 0.6 is 35.6 Å². The lowest BCUT2D eigenvalue weighted by atomic mass is 9.96. The second-order valence-electron chi connectivity index (χ2n) is 7.70. The van der Waals surface area contributed by atoms with Crippen LogP contribution in [0.5, 0.6) is 0 Å². The molecule has 0 saturated carbocycles. The predicted octanol–water partition coefficient (Wildman–Crippen LogP) is 5.39. The topological polar surface area (TPSA) is 67.1 Å². The van der Waals surface area contributed by atoms with E-state index in [-0.39, 0.29) is 30.0 Å². The molecule has 0 radical (unpaired) electrons. The van der Waals surface area contributed by atoms with Crippen molar-refractivity contribution in [3.8, 4) is 0 Å². The van der Waals surface area contributed by atoms with E-state index < -0.39 is 0 Å². The van der Waals surface area contributed by atoms with Crippen LogP contribution in [-0.4, -0.2) is 27.3 Å². The third-order valence-electron chi connectivity index (χ3n) is 5.56. The van der Waals surface area contributed by atoms with Crippen LogP contribution in [0.15, 0.2) is 59.6 Å². The molecule has 6 nitrogen and oxygen atoms in total. The van der Waals surface area contributed by atoms with E-state index >= 15 is 0 Å². The maximum atomic E-state index is 6.06. The number of rotatable bonds is 8. The average molecular weight is 567 g/mol. The molecule has 0 amide bonds. The van der Waals surface area contributed by atoms with Gasteiger partial charge in [-0.15, -0.1) is 34.2 Å². The first-order valence-corrected chi connectivity index (χ1v) is 11.1. The Labute approximate surface area is 212 Å². The number of hydrogen-bond acceptors (Lipinski definition) is 3. The molecule has 0 bridgehead atoms. The number of aryl methyl sites for hydroxylation is 1. The first-order valence-electron chi connectivity index (χ1n) is 10.7. The molecule has 32 heavy (non-hydrogen) atoms. The maximum Gasteiger partial charge on any atom is 0.192 e. The highest BCUT2D eigenvalue weighted by atomic mass is 127. The molecular formula is C24H32ClIN6. The molecule has 2 atom stereocenters. The van der Waals surface area contributed by atoms with Crippen LogP contribution in [0.2, 0.25) is 5.02 Å². The Morgan fingerprint density at radius 3 is 2.34 bits per heavy atom. The summed E-state index contributed by atoms with van der Waals surface area (Å²) in [5.74, 6) is 2.81. The quantitative estimate of drug-likeness (QED) is 0.218. The minimum atomic E-state index is 0. The van der Waals surface area contributed by atoms with Crippen molar-refractivity contribution >= 4 is 41.5 Å². The van der Waals surface area contributed by atoms with Gasteiger partial charge >= 0.3 is 0 Å². The number of aromatic nitrogens is 3. The first-order chi connectivity index (χ1) is 15.0. The van der Waals surface area contributed by atoms with Gasteiger partial charge in [-0.1, -0.05) is 61.0 Å². The summed E-state index contributed by atoms with van der Waals surface area (Å²) in [5, 5.41) is 16.2. The number of nitrogens with one attached hydrogen (secondary N) is 2. The lowest BCUT2D eigenvalue weighted by Gasteiger charge is -2.22. The number of guanidine groups is 1. The number of aliphatic imine (C=N–C) groups is 1. The number of hydrogen-bond donors (Lipinski definition) is 2. The summed E-state index contributed by atoms with van der Waals surface area (Å²) in [6.45, 7) is 7.48. The van der Waals surface area contributed by atoms with E-state index in [9.17, 15) is 0 Å². The first kappa shape index (κ1) is 26.1. The Hall–Kier alpha value is -2.13. The fourth-order valence-electron chi connectivity index (χ4n) is 3.37. The summed E-state index contributed by atoms with van der Waals surface area (Å²) in [5.41, 5.74) is 2.47. The molecule has 2 aromatic carbocycles. The second kappa shape index (κ2) is 12.8. The molecule has 2 N–H and O–H groups in total. The highest BCUT2D eigenvalue weighted by Gasteiger charge is 2.13. The second-order valence-corrected chi connectivity index (χ2v) is 8.14. The van der Waals surface area contributed by atoms with Gasteiger partial charge in [0.05, 0.1) is 6.04 Å². The number of halogens is 2. The van der Waals surface area contributed by atoms with Crippen molar-refractivity contribution in [3.05, 3.63) is 82.4 Å². The normalized spacial score (nSPS) is 13.2. The molecule has 1 heterocycles. The zero-order valence-electron chi connectivity index (χ0n) is 19.0. The van der Waals surface area contributed by atoms with Gasteiger partial charge in [0, 0.05) is 24.5 Å². The molecule has 3 aromatic rings. The van der Waals surface area contributed by atoms with E-state index in [2.05, 4.69) is 58.9 Å². The molecule has 3 rings (SSSR count). The summed E-state index contributed by atoms with van der Waals surface area (Å²) >= 11 is 6.06. The van der Waals surface area contributed by atoms with Crippen LogP contribution in [0, 0.1) is 6.92 Å².